The maximum Gasteiger partial charge on any atom is 0.263 e. The minimum Gasteiger partial charge on any atom is -0.481 e. The zero-order valence-electron chi connectivity index (χ0n) is 16.6. The molecule has 0 aliphatic carbocycles. The van der Waals surface area contributed by atoms with Gasteiger partial charge in [0.15, 0.2) is 6.10 Å². The molecular weight excluding hydrogens is 432 g/mol. The molecule has 2 aromatic rings. The number of piperidine rings is 1. The number of carbonyl (C=O) groups excluding carboxylic acids is 2. The molecule has 6 heteroatoms. The van der Waals surface area contributed by atoms with Gasteiger partial charge in [-0.25, -0.2) is 0 Å². The van der Waals surface area contributed by atoms with E-state index in [1.165, 1.54) is 5.56 Å². The molecule has 0 spiro atoms. The molecule has 1 unspecified atom stereocenters. The van der Waals surface area contributed by atoms with Crippen molar-refractivity contribution in [2.45, 2.75) is 44.8 Å². The van der Waals surface area contributed by atoms with Gasteiger partial charge in [0.25, 0.3) is 5.91 Å². The summed E-state index contributed by atoms with van der Waals surface area (Å²) in [6.07, 6.45) is 2.24. The average Bonchev–Trinajstić information content (AvgIpc) is 2.74. The fourth-order valence-corrected chi connectivity index (χ4v) is 3.74. The minimum absolute atomic E-state index is 0.0122. The Hall–Kier alpha value is -2.34. The van der Waals surface area contributed by atoms with E-state index in [0.717, 1.165) is 23.7 Å². The number of likely N-dealkylation sites (tertiary alicyclic amines) is 1. The summed E-state index contributed by atoms with van der Waals surface area (Å²) < 4.78 is 6.74. The molecule has 1 aliphatic rings. The lowest BCUT2D eigenvalue weighted by Gasteiger charge is -2.33. The van der Waals surface area contributed by atoms with Gasteiger partial charge in [0.05, 0.1) is 0 Å². The highest BCUT2D eigenvalue weighted by molar-refractivity contribution is 9.10. The number of carbonyl (C=O) groups is 2. The van der Waals surface area contributed by atoms with E-state index in [1.807, 2.05) is 59.5 Å². The summed E-state index contributed by atoms with van der Waals surface area (Å²) in [6.45, 7) is 3.05. The molecule has 1 saturated heterocycles. The molecule has 0 saturated carbocycles. The van der Waals surface area contributed by atoms with Gasteiger partial charge >= 0.3 is 0 Å². The van der Waals surface area contributed by atoms with E-state index in [-0.39, 0.29) is 17.9 Å². The quantitative estimate of drug-likeness (QED) is 0.682. The van der Waals surface area contributed by atoms with Crippen molar-refractivity contribution in [1.82, 2.24) is 10.2 Å². The van der Waals surface area contributed by atoms with Gasteiger partial charge in [-0.05, 0) is 56.0 Å². The maximum atomic E-state index is 12.7. The van der Waals surface area contributed by atoms with Gasteiger partial charge < -0.3 is 15.0 Å². The van der Waals surface area contributed by atoms with Crippen molar-refractivity contribution < 1.29 is 14.3 Å². The first-order chi connectivity index (χ1) is 14.0. The third-order valence-corrected chi connectivity index (χ3v) is 5.66. The molecule has 29 heavy (non-hydrogen) atoms. The number of nitrogens with one attached hydrogen (secondary N) is 1. The highest BCUT2D eigenvalue weighted by atomic mass is 79.9. The van der Waals surface area contributed by atoms with Crippen molar-refractivity contribution >= 4 is 27.7 Å². The van der Waals surface area contributed by atoms with Crippen molar-refractivity contribution in [2.75, 3.05) is 13.1 Å². The zero-order chi connectivity index (χ0) is 20.6. The molecule has 0 aromatic heterocycles. The summed E-state index contributed by atoms with van der Waals surface area (Å²) in [5.41, 5.74) is 1.17. The van der Waals surface area contributed by atoms with Crippen LogP contribution in [0.25, 0.3) is 0 Å². The highest BCUT2D eigenvalue weighted by Crippen LogP contribution is 2.19. The Labute approximate surface area is 180 Å². The second-order valence-electron chi connectivity index (χ2n) is 7.37. The van der Waals surface area contributed by atoms with Gasteiger partial charge in [-0.15, -0.1) is 0 Å². The van der Waals surface area contributed by atoms with Crippen LogP contribution in [0.5, 0.6) is 5.75 Å². The molecule has 0 bridgehead atoms. The molecule has 0 radical (unpaired) electrons. The number of benzene rings is 2. The number of hydrogen-bond donors (Lipinski definition) is 1. The molecule has 1 fully saturated rings. The van der Waals surface area contributed by atoms with Crippen LogP contribution in [0.2, 0.25) is 0 Å². The Morgan fingerprint density at radius 1 is 1.10 bits per heavy atom. The van der Waals surface area contributed by atoms with Crippen LogP contribution in [0.1, 0.15) is 31.7 Å². The number of rotatable bonds is 7. The molecule has 1 atom stereocenters. The van der Waals surface area contributed by atoms with Crippen LogP contribution in [0, 0.1) is 0 Å². The monoisotopic (exact) mass is 458 g/mol. The molecule has 1 heterocycles. The number of halogens is 1. The van der Waals surface area contributed by atoms with Crippen LogP contribution >= 0.6 is 15.9 Å². The maximum absolute atomic E-state index is 12.7. The summed E-state index contributed by atoms with van der Waals surface area (Å²) in [5, 5.41) is 3.11. The number of hydrogen-bond acceptors (Lipinski definition) is 3. The van der Waals surface area contributed by atoms with Crippen LogP contribution in [-0.2, 0) is 16.0 Å². The van der Waals surface area contributed by atoms with E-state index in [2.05, 4.69) is 21.2 Å². The lowest BCUT2D eigenvalue weighted by atomic mass is 10.0. The normalized spacial score (nSPS) is 15.6. The number of ether oxygens (including phenoxy) is 1. The van der Waals surface area contributed by atoms with Gasteiger partial charge in [0.2, 0.25) is 5.91 Å². The standard InChI is InChI=1S/C23H27BrN2O3/c1-17(29-21-10-8-19(24)9-11-21)23(28)26-15-13-20(14-16-26)25-22(27)12-7-18-5-3-2-4-6-18/h2-6,8-11,17,20H,7,12-16H2,1H3,(H,25,27). The lowest BCUT2D eigenvalue weighted by molar-refractivity contribution is -0.139. The van der Waals surface area contributed by atoms with E-state index in [4.69, 9.17) is 4.74 Å². The zero-order valence-corrected chi connectivity index (χ0v) is 18.2. The van der Waals surface area contributed by atoms with E-state index in [0.29, 0.717) is 25.3 Å². The first kappa shape index (κ1) is 21.4. The number of aryl methyl sites for hydroxylation is 1. The van der Waals surface area contributed by atoms with Crippen molar-refractivity contribution in [3.8, 4) is 5.75 Å². The van der Waals surface area contributed by atoms with Crippen LogP contribution in [0.4, 0.5) is 0 Å². The molecule has 3 rings (SSSR count). The van der Waals surface area contributed by atoms with E-state index in [9.17, 15) is 9.59 Å². The summed E-state index contributed by atoms with van der Waals surface area (Å²) >= 11 is 3.39. The average molecular weight is 459 g/mol. The Kier molecular flexibility index (Phi) is 7.69. The third-order valence-electron chi connectivity index (χ3n) is 5.13. The first-order valence-electron chi connectivity index (χ1n) is 10.1. The van der Waals surface area contributed by atoms with Crippen LogP contribution in [-0.4, -0.2) is 41.9 Å². The molecular formula is C23H27BrN2O3. The van der Waals surface area contributed by atoms with Gasteiger partial charge in [0, 0.05) is 30.0 Å². The first-order valence-corrected chi connectivity index (χ1v) is 10.8. The Morgan fingerprint density at radius 3 is 2.41 bits per heavy atom. The van der Waals surface area contributed by atoms with Crippen LogP contribution in [0.15, 0.2) is 59.1 Å². The largest absolute Gasteiger partial charge is 0.481 e. The summed E-state index contributed by atoms with van der Waals surface area (Å²) in [5.74, 6) is 0.738. The van der Waals surface area contributed by atoms with Crippen molar-refractivity contribution in [3.63, 3.8) is 0 Å². The lowest BCUT2D eigenvalue weighted by Crippen LogP contribution is -2.49. The van der Waals surface area contributed by atoms with Crippen LogP contribution in [0.3, 0.4) is 0 Å². The summed E-state index contributed by atoms with van der Waals surface area (Å²) in [6, 6.07) is 17.6. The predicted molar refractivity (Wildman–Crippen MR) is 117 cm³/mol. The third kappa shape index (κ3) is 6.60. The Morgan fingerprint density at radius 2 is 1.76 bits per heavy atom. The van der Waals surface area contributed by atoms with Gasteiger partial charge in [-0.2, -0.15) is 0 Å². The van der Waals surface area contributed by atoms with Crippen LogP contribution < -0.4 is 10.1 Å². The second kappa shape index (κ2) is 10.4. The number of nitrogens with zero attached hydrogens (tertiary/aromatic N) is 1. The van der Waals surface area contributed by atoms with E-state index in [1.54, 1.807) is 6.92 Å². The molecule has 2 amide bonds. The van der Waals surface area contributed by atoms with Crippen molar-refractivity contribution in [1.29, 1.82) is 0 Å². The van der Waals surface area contributed by atoms with Gasteiger partial charge in [-0.1, -0.05) is 46.3 Å². The second-order valence-corrected chi connectivity index (χ2v) is 8.28. The van der Waals surface area contributed by atoms with Crippen molar-refractivity contribution in [3.05, 3.63) is 64.6 Å². The summed E-state index contributed by atoms with van der Waals surface area (Å²) in [4.78, 5) is 26.7. The smallest absolute Gasteiger partial charge is 0.263 e. The van der Waals surface area contributed by atoms with Gasteiger partial charge in [0.1, 0.15) is 5.75 Å². The van der Waals surface area contributed by atoms with Gasteiger partial charge in [-0.3, -0.25) is 9.59 Å². The Bertz CT molecular complexity index is 803. The number of amides is 2. The molecule has 1 N–H and O–H groups in total. The Balaban J connectivity index is 1.39. The van der Waals surface area contributed by atoms with Crippen molar-refractivity contribution in [2.24, 2.45) is 0 Å². The molecule has 5 nitrogen and oxygen atoms in total. The molecule has 2 aromatic carbocycles. The topological polar surface area (TPSA) is 58.6 Å². The molecule has 154 valence electrons. The minimum atomic E-state index is -0.534. The fourth-order valence-electron chi connectivity index (χ4n) is 3.47. The fraction of sp³-hybridized carbons (Fsp3) is 0.391. The van der Waals surface area contributed by atoms with E-state index >= 15 is 0 Å². The predicted octanol–water partition coefficient (Wildman–Crippen LogP) is 3.96. The highest BCUT2D eigenvalue weighted by Gasteiger charge is 2.27. The SMILES string of the molecule is CC(Oc1ccc(Br)cc1)C(=O)N1CCC(NC(=O)CCc2ccccc2)CC1. The molecule has 1 aliphatic heterocycles. The van der Waals surface area contributed by atoms with E-state index < -0.39 is 6.10 Å². The summed E-state index contributed by atoms with van der Waals surface area (Å²) in [7, 11) is 0.